The van der Waals surface area contributed by atoms with Gasteiger partial charge in [0, 0.05) is 32.7 Å². The Hall–Kier alpha value is -4.79. The Morgan fingerprint density at radius 3 is 2.22 bits per heavy atom. The molecule has 0 bridgehead atoms. The summed E-state index contributed by atoms with van der Waals surface area (Å²) in [5, 5.41) is 13.3. The van der Waals surface area contributed by atoms with E-state index in [4.69, 9.17) is 9.47 Å². The van der Waals surface area contributed by atoms with Crippen molar-refractivity contribution in [2.24, 2.45) is 0 Å². The number of hydrogen-bond acceptors (Lipinski definition) is 7. The third-order valence-electron chi connectivity index (χ3n) is 8.38. The summed E-state index contributed by atoms with van der Waals surface area (Å²) in [5.41, 5.74) is 6.64. The second-order valence-electron chi connectivity index (χ2n) is 11.4. The number of methoxy groups -OCH3 is 1. The van der Waals surface area contributed by atoms with E-state index < -0.39 is 0 Å². The molecule has 6 rings (SSSR count). The maximum atomic E-state index is 6.20. The van der Waals surface area contributed by atoms with Crippen LogP contribution in [-0.4, -0.2) is 69.8 Å². The molecule has 0 aliphatic carbocycles. The summed E-state index contributed by atoms with van der Waals surface area (Å²) in [6.07, 6.45) is 4.45. The molecule has 45 heavy (non-hydrogen) atoms. The molecule has 0 saturated carbocycles. The number of tetrazole rings is 1. The molecule has 2 heterocycles. The van der Waals surface area contributed by atoms with Crippen LogP contribution in [0.25, 0.3) is 11.8 Å². The van der Waals surface area contributed by atoms with Crippen molar-refractivity contribution >= 4 is 6.08 Å². The Morgan fingerprint density at radius 1 is 0.800 bits per heavy atom. The zero-order valence-electron chi connectivity index (χ0n) is 26.2. The van der Waals surface area contributed by atoms with Crippen molar-refractivity contribution in [1.29, 1.82) is 0 Å². The molecule has 0 amide bonds. The van der Waals surface area contributed by atoms with Crippen LogP contribution in [0.4, 0.5) is 0 Å². The van der Waals surface area contributed by atoms with Gasteiger partial charge in [-0.3, -0.25) is 9.80 Å². The zero-order valence-corrected chi connectivity index (χ0v) is 26.2. The molecule has 0 radical (unpaired) electrons. The SMILES string of the molecule is COc1cc([C@H](c2nnnn2-c2c(C)cccc2C)N2CCN(C/C=C/c3ccccc3)CC2)ccc1OCc1ccccc1. The standard InChI is InChI=1S/C37H40N6O2/c1-28-12-10-13-29(2)35(28)43-37(38-39-40-43)36(42-24-22-41(23-25-42)21-11-18-30-14-6-4-7-15-30)32-19-20-33(34(26-32)44-3)45-27-31-16-8-5-9-17-31/h4-20,26,36H,21-25,27H2,1-3H3/b18-11+/t36-/m1/s1. The van der Waals surface area contributed by atoms with Gasteiger partial charge < -0.3 is 9.47 Å². The predicted octanol–water partition coefficient (Wildman–Crippen LogP) is 6.29. The van der Waals surface area contributed by atoms with Gasteiger partial charge in [-0.2, -0.15) is 4.68 Å². The Balaban J connectivity index is 1.28. The van der Waals surface area contributed by atoms with Crippen molar-refractivity contribution in [2.45, 2.75) is 26.5 Å². The summed E-state index contributed by atoms with van der Waals surface area (Å²) in [6, 6.07) is 32.9. The molecule has 1 aliphatic heterocycles. The average molecular weight is 601 g/mol. The molecule has 1 atom stereocenters. The summed E-state index contributed by atoms with van der Waals surface area (Å²) in [4.78, 5) is 4.97. The van der Waals surface area contributed by atoms with Crippen molar-refractivity contribution in [3.8, 4) is 17.2 Å². The van der Waals surface area contributed by atoms with Crippen molar-refractivity contribution in [3.63, 3.8) is 0 Å². The second kappa shape index (κ2) is 14.3. The van der Waals surface area contributed by atoms with E-state index in [0.29, 0.717) is 18.1 Å². The van der Waals surface area contributed by atoms with Gasteiger partial charge in [-0.25, -0.2) is 0 Å². The third kappa shape index (κ3) is 7.14. The van der Waals surface area contributed by atoms with Crippen LogP contribution in [0.1, 0.15) is 39.7 Å². The molecule has 5 aromatic rings. The largest absolute Gasteiger partial charge is 0.493 e. The first-order valence-electron chi connectivity index (χ1n) is 15.5. The lowest BCUT2D eigenvalue weighted by atomic mass is 10.0. The number of piperazine rings is 1. The lowest BCUT2D eigenvalue weighted by Crippen LogP contribution is -2.48. The first kappa shape index (κ1) is 30.2. The van der Waals surface area contributed by atoms with Gasteiger partial charge in [0.2, 0.25) is 0 Å². The lowest BCUT2D eigenvalue weighted by Gasteiger charge is -2.38. The summed E-state index contributed by atoms with van der Waals surface area (Å²) in [6.45, 7) is 9.21. The van der Waals surface area contributed by atoms with Gasteiger partial charge in [0.25, 0.3) is 0 Å². The van der Waals surface area contributed by atoms with E-state index in [1.54, 1.807) is 7.11 Å². The smallest absolute Gasteiger partial charge is 0.178 e. The minimum atomic E-state index is -0.182. The normalized spacial score (nSPS) is 14.9. The van der Waals surface area contributed by atoms with Gasteiger partial charge in [0.05, 0.1) is 18.8 Å². The average Bonchev–Trinajstić information content (AvgIpc) is 3.54. The molecule has 0 unspecified atom stereocenters. The number of hydrogen-bond donors (Lipinski definition) is 0. The minimum Gasteiger partial charge on any atom is -0.493 e. The van der Waals surface area contributed by atoms with E-state index in [-0.39, 0.29) is 6.04 Å². The van der Waals surface area contributed by atoms with Crippen LogP contribution < -0.4 is 9.47 Å². The van der Waals surface area contributed by atoms with Crippen LogP contribution >= 0.6 is 0 Å². The molecule has 8 nitrogen and oxygen atoms in total. The second-order valence-corrected chi connectivity index (χ2v) is 11.4. The fourth-order valence-electron chi connectivity index (χ4n) is 6.00. The van der Waals surface area contributed by atoms with Crippen LogP contribution in [0.15, 0.2) is 103 Å². The molecule has 0 spiro atoms. The molecule has 1 fully saturated rings. The molecule has 1 aliphatic rings. The van der Waals surface area contributed by atoms with Crippen molar-refractivity contribution in [1.82, 2.24) is 30.0 Å². The van der Waals surface area contributed by atoms with E-state index in [9.17, 15) is 0 Å². The predicted molar refractivity (Wildman–Crippen MR) is 178 cm³/mol. The number of aromatic nitrogens is 4. The maximum Gasteiger partial charge on any atom is 0.178 e. The van der Waals surface area contributed by atoms with Crippen LogP contribution in [-0.2, 0) is 6.61 Å². The number of ether oxygens (including phenoxy) is 2. The van der Waals surface area contributed by atoms with Crippen LogP contribution in [0, 0.1) is 13.8 Å². The summed E-state index contributed by atoms with van der Waals surface area (Å²) < 4.78 is 14.0. The Bertz CT molecular complexity index is 1690. The number of nitrogens with zero attached hydrogens (tertiary/aromatic N) is 6. The molecule has 4 aromatic carbocycles. The van der Waals surface area contributed by atoms with Gasteiger partial charge in [-0.1, -0.05) is 97.1 Å². The van der Waals surface area contributed by atoms with Crippen LogP contribution in [0.2, 0.25) is 0 Å². The third-order valence-corrected chi connectivity index (χ3v) is 8.38. The lowest BCUT2D eigenvalue weighted by molar-refractivity contribution is 0.113. The quantitative estimate of drug-likeness (QED) is 0.177. The fraction of sp³-hybridized carbons (Fsp3) is 0.270. The molecular formula is C37H40N6O2. The van der Waals surface area contributed by atoms with E-state index in [0.717, 1.165) is 66.5 Å². The summed E-state index contributed by atoms with van der Waals surface area (Å²) >= 11 is 0. The molecule has 1 saturated heterocycles. The van der Waals surface area contributed by atoms with E-state index >= 15 is 0 Å². The highest BCUT2D eigenvalue weighted by atomic mass is 16.5. The summed E-state index contributed by atoms with van der Waals surface area (Å²) in [7, 11) is 1.69. The number of para-hydroxylation sites is 1. The van der Waals surface area contributed by atoms with Crippen LogP contribution in [0.3, 0.4) is 0 Å². The van der Waals surface area contributed by atoms with E-state index in [1.807, 2.05) is 35.0 Å². The van der Waals surface area contributed by atoms with Gasteiger partial charge in [-0.05, 0) is 64.2 Å². The highest BCUT2D eigenvalue weighted by molar-refractivity contribution is 5.50. The van der Waals surface area contributed by atoms with Gasteiger partial charge in [0.15, 0.2) is 17.3 Å². The molecule has 8 heteroatoms. The van der Waals surface area contributed by atoms with Gasteiger partial charge in [-0.15, -0.1) is 5.10 Å². The molecule has 230 valence electrons. The van der Waals surface area contributed by atoms with Crippen molar-refractivity contribution in [2.75, 3.05) is 39.8 Å². The first-order valence-corrected chi connectivity index (χ1v) is 15.5. The Kier molecular flexibility index (Phi) is 9.63. The first-order chi connectivity index (χ1) is 22.1. The van der Waals surface area contributed by atoms with E-state index in [1.165, 1.54) is 5.56 Å². The van der Waals surface area contributed by atoms with Gasteiger partial charge in [0.1, 0.15) is 6.61 Å². The highest BCUT2D eigenvalue weighted by Crippen LogP contribution is 2.36. The van der Waals surface area contributed by atoms with Crippen molar-refractivity contribution < 1.29 is 9.47 Å². The number of benzene rings is 4. The Labute approximate surface area is 265 Å². The fourth-order valence-corrected chi connectivity index (χ4v) is 6.00. The highest BCUT2D eigenvalue weighted by Gasteiger charge is 2.32. The minimum absolute atomic E-state index is 0.182. The number of aryl methyl sites for hydroxylation is 2. The monoisotopic (exact) mass is 600 g/mol. The van der Waals surface area contributed by atoms with Gasteiger partial charge >= 0.3 is 0 Å². The van der Waals surface area contributed by atoms with Crippen LogP contribution in [0.5, 0.6) is 11.5 Å². The molecule has 1 aromatic heterocycles. The maximum absolute atomic E-state index is 6.20. The summed E-state index contributed by atoms with van der Waals surface area (Å²) in [5.74, 6) is 2.17. The molecular weight excluding hydrogens is 560 g/mol. The Morgan fingerprint density at radius 2 is 1.51 bits per heavy atom. The zero-order chi connectivity index (χ0) is 31.0. The van der Waals surface area contributed by atoms with E-state index in [2.05, 4.69) is 118 Å². The molecule has 0 N–H and O–H groups in total. The number of rotatable bonds is 11. The van der Waals surface area contributed by atoms with Crippen molar-refractivity contribution in [3.05, 3.63) is 137 Å². The topological polar surface area (TPSA) is 68.5 Å².